The van der Waals surface area contributed by atoms with Crippen LogP contribution in [-0.2, 0) is 9.59 Å². The smallest absolute Gasteiger partial charge is 0.262 e. The summed E-state index contributed by atoms with van der Waals surface area (Å²) >= 11 is 0. The normalized spacial score (nSPS) is 22.1. The van der Waals surface area contributed by atoms with Gasteiger partial charge in [-0.25, -0.2) is 0 Å². The van der Waals surface area contributed by atoms with Crippen LogP contribution in [0.2, 0.25) is 0 Å². The number of rotatable bonds is 1. The van der Waals surface area contributed by atoms with Crippen LogP contribution in [0.25, 0.3) is 0 Å². The molecule has 0 radical (unpaired) electrons. The van der Waals surface area contributed by atoms with E-state index in [-0.39, 0.29) is 17.5 Å². The molecule has 1 heterocycles. The first-order valence-electron chi connectivity index (χ1n) is 5.81. The van der Waals surface area contributed by atoms with Crippen LogP contribution in [0.5, 0.6) is 0 Å². The second-order valence-electron chi connectivity index (χ2n) is 4.40. The lowest BCUT2D eigenvalue weighted by Gasteiger charge is -2.24. The number of carbonyl (C=O) groups excluding carboxylic acids is 4. The van der Waals surface area contributed by atoms with Crippen molar-refractivity contribution in [2.45, 2.75) is 12.5 Å². The fourth-order valence-corrected chi connectivity index (χ4v) is 2.37. The van der Waals surface area contributed by atoms with Gasteiger partial charge in [-0.2, -0.15) is 0 Å². The molecule has 1 aromatic carbocycles. The summed E-state index contributed by atoms with van der Waals surface area (Å²) in [4.78, 5) is 48.7. The van der Waals surface area contributed by atoms with E-state index in [1.807, 2.05) is 0 Å². The van der Waals surface area contributed by atoms with Crippen LogP contribution >= 0.6 is 0 Å². The number of ketones is 2. The molecule has 5 heteroatoms. The molecular weight excluding hydrogens is 246 g/mol. The first kappa shape index (κ1) is 11.5. The topological polar surface area (TPSA) is 71.5 Å². The fraction of sp³-hybridized carbons (Fsp3) is 0.143. The Morgan fingerprint density at radius 2 is 1.53 bits per heavy atom. The van der Waals surface area contributed by atoms with Crippen molar-refractivity contribution in [1.29, 1.82) is 0 Å². The lowest BCUT2D eigenvalue weighted by atomic mass is 9.97. The minimum absolute atomic E-state index is 0.0593. The largest absolute Gasteiger partial charge is 0.296 e. The van der Waals surface area contributed by atoms with Crippen LogP contribution in [-0.4, -0.2) is 34.3 Å². The van der Waals surface area contributed by atoms with Gasteiger partial charge in [0.1, 0.15) is 0 Å². The van der Waals surface area contributed by atoms with Crippen LogP contribution < -0.4 is 0 Å². The third-order valence-electron chi connectivity index (χ3n) is 3.26. The highest BCUT2D eigenvalue weighted by Crippen LogP contribution is 2.26. The molecule has 5 nitrogen and oxygen atoms in total. The predicted molar refractivity (Wildman–Crippen MR) is 64.5 cm³/mol. The number of hydrogen-bond acceptors (Lipinski definition) is 4. The second-order valence-corrected chi connectivity index (χ2v) is 4.40. The van der Waals surface area contributed by atoms with Crippen LogP contribution in [0.4, 0.5) is 0 Å². The Morgan fingerprint density at radius 3 is 2.05 bits per heavy atom. The van der Waals surface area contributed by atoms with Crippen LogP contribution in [0.3, 0.4) is 0 Å². The van der Waals surface area contributed by atoms with Gasteiger partial charge in [-0.05, 0) is 18.2 Å². The van der Waals surface area contributed by atoms with E-state index in [0.29, 0.717) is 0 Å². The monoisotopic (exact) mass is 255 g/mol. The Morgan fingerprint density at radius 1 is 0.947 bits per heavy atom. The summed E-state index contributed by atoms with van der Waals surface area (Å²) < 4.78 is 0. The molecule has 0 fully saturated rings. The number of nitrogens with zero attached hydrogens (tertiary/aromatic N) is 1. The molecule has 0 bridgehead atoms. The lowest BCUT2D eigenvalue weighted by Crippen LogP contribution is -2.50. The predicted octanol–water partition coefficient (Wildman–Crippen LogP) is 0.749. The van der Waals surface area contributed by atoms with Gasteiger partial charge in [0, 0.05) is 6.42 Å². The van der Waals surface area contributed by atoms with Crippen LogP contribution in [0, 0.1) is 0 Å². The van der Waals surface area contributed by atoms with E-state index in [4.69, 9.17) is 0 Å². The van der Waals surface area contributed by atoms with Gasteiger partial charge in [0.2, 0.25) is 0 Å². The van der Waals surface area contributed by atoms with Crippen molar-refractivity contribution in [1.82, 2.24) is 4.90 Å². The van der Waals surface area contributed by atoms with Crippen molar-refractivity contribution < 1.29 is 19.2 Å². The molecular formula is C14H9NO4. The molecule has 1 aromatic rings. The summed E-state index contributed by atoms with van der Waals surface area (Å²) in [6, 6.07) is 5.00. The zero-order valence-electron chi connectivity index (χ0n) is 9.83. The van der Waals surface area contributed by atoms with Crippen LogP contribution in [0.15, 0.2) is 36.4 Å². The fourth-order valence-electron chi connectivity index (χ4n) is 2.37. The lowest BCUT2D eigenvalue weighted by molar-refractivity contribution is -0.130. The standard InChI is InChI=1S/C14H9NO4/c16-10-6-3-7-11(17)12(10)15-13(18)8-4-1-2-5-9(8)14(15)19/h1-6,12H,7H2. The van der Waals surface area contributed by atoms with Crippen molar-refractivity contribution in [3.8, 4) is 0 Å². The maximum Gasteiger partial charge on any atom is 0.262 e. The minimum Gasteiger partial charge on any atom is -0.296 e. The summed E-state index contributed by atoms with van der Waals surface area (Å²) in [5, 5.41) is 0. The number of imide groups is 1. The van der Waals surface area contributed by atoms with E-state index >= 15 is 0 Å². The quantitative estimate of drug-likeness (QED) is 0.548. The molecule has 1 unspecified atom stereocenters. The minimum atomic E-state index is -1.31. The summed E-state index contributed by atoms with van der Waals surface area (Å²) in [7, 11) is 0. The maximum absolute atomic E-state index is 12.2. The van der Waals surface area contributed by atoms with E-state index in [1.165, 1.54) is 24.3 Å². The van der Waals surface area contributed by atoms with Gasteiger partial charge in [0.15, 0.2) is 17.6 Å². The number of Topliss-reactive ketones (excluding diaryl/α,β-unsaturated/α-hetero) is 1. The summed E-state index contributed by atoms with van der Waals surface area (Å²) in [5.41, 5.74) is 0.477. The van der Waals surface area contributed by atoms with Gasteiger partial charge in [-0.1, -0.05) is 18.2 Å². The average Bonchev–Trinajstić information content (AvgIpc) is 2.64. The number of amides is 2. The van der Waals surface area contributed by atoms with Crippen molar-refractivity contribution in [3.63, 3.8) is 0 Å². The van der Waals surface area contributed by atoms with Gasteiger partial charge in [0.25, 0.3) is 11.8 Å². The number of hydrogen-bond donors (Lipinski definition) is 0. The Hall–Kier alpha value is -2.56. The zero-order valence-corrected chi connectivity index (χ0v) is 9.83. The van der Waals surface area contributed by atoms with Crippen molar-refractivity contribution >= 4 is 23.4 Å². The van der Waals surface area contributed by atoms with E-state index < -0.39 is 29.4 Å². The Bertz CT molecular complexity index is 624. The van der Waals surface area contributed by atoms with Gasteiger partial charge < -0.3 is 0 Å². The van der Waals surface area contributed by atoms with Gasteiger partial charge in [0.05, 0.1) is 11.1 Å². The Balaban J connectivity index is 2.07. The molecule has 94 valence electrons. The zero-order chi connectivity index (χ0) is 13.6. The number of fused-ring (bicyclic) bond motifs is 1. The highest BCUT2D eigenvalue weighted by atomic mass is 16.2. The average molecular weight is 255 g/mol. The van der Waals surface area contributed by atoms with Crippen LogP contribution in [0.1, 0.15) is 27.1 Å². The van der Waals surface area contributed by atoms with E-state index in [0.717, 1.165) is 4.90 Å². The third kappa shape index (κ3) is 1.55. The SMILES string of the molecule is O=C1C=CCC(=O)C1N1C(=O)c2ccccc2C1=O. The Kier molecular flexibility index (Phi) is 2.41. The molecule has 19 heavy (non-hydrogen) atoms. The summed E-state index contributed by atoms with van der Waals surface area (Å²) in [6.07, 6.45) is 2.75. The molecule has 2 amide bonds. The molecule has 1 aliphatic heterocycles. The molecule has 0 saturated carbocycles. The molecule has 0 spiro atoms. The molecule has 3 rings (SSSR count). The molecule has 1 aliphatic carbocycles. The summed E-state index contributed by atoms with van der Waals surface area (Å²) in [5.74, 6) is -2.11. The van der Waals surface area contributed by atoms with Gasteiger partial charge >= 0.3 is 0 Å². The second kappa shape index (κ2) is 3.98. The number of benzene rings is 1. The van der Waals surface area contributed by atoms with Crippen molar-refractivity contribution in [3.05, 3.63) is 47.5 Å². The highest BCUT2D eigenvalue weighted by Gasteiger charge is 2.45. The highest BCUT2D eigenvalue weighted by molar-refractivity contribution is 6.27. The first-order chi connectivity index (χ1) is 9.11. The number of allylic oxidation sites excluding steroid dienone is 1. The first-order valence-corrected chi connectivity index (χ1v) is 5.81. The van der Waals surface area contributed by atoms with E-state index in [1.54, 1.807) is 12.1 Å². The van der Waals surface area contributed by atoms with Gasteiger partial charge in [-0.15, -0.1) is 0 Å². The maximum atomic E-state index is 12.2. The molecule has 2 aliphatic rings. The summed E-state index contributed by atoms with van der Waals surface area (Å²) in [6.45, 7) is 0. The van der Waals surface area contributed by atoms with Crippen molar-refractivity contribution in [2.75, 3.05) is 0 Å². The van der Waals surface area contributed by atoms with E-state index in [9.17, 15) is 19.2 Å². The molecule has 0 saturated heterocycles. The Labute approximate surface area is 108 Å². The number of carbonyl (C=O) groups is 4. The van der Waals surface area contributed by atoms with Crippen molar-refractivity contribution in [2.24, 2.45) is 0 Å². The van der Waals surface area contributed by atoms with E-state index in [2.05, 4.69) is 0 Å². The molecule has 0 aromatic heterocycles. The molecule has 1 atom stereocenters. The molecule has 0 N–H and O–H groups in total. The third-order valence-corrected chi connectivity index (χ3v) is 3.26. The van der Waals surface area contributed by atoms with Gasteiger partial charge in [-0.3, -0.25) is 24.1 Å².